The SMILES string of the molecule is COC(=O)[C@H](O)CCN. The lowest BCUT2D eigenvalue weighted by molar-refractivity contribution is -0.150. The smallest absolute Gasteiger partial charge is 0.334 e. The van der Waals surface area contributed by atoms with Crippen molar-refractivity contribution in [2.45, 2.75) is 12.5 Å². The molecule has 0 rings (SSSR count). The highest BCUT2D eigenvalue weighted by Crippen LogP contribution is 1.90. The molecule has 0 radical (unpaired) electrons. The average molecular weight is 133 g/mol. The molecule has 1 atom stereocenters. The van der Waals surface area contributed by atoms with Gasteiger partial charge in [0.1, 0.15) is 0 Å². The lowest BCUT2D eigenvalue weighted by Crippen LogP contribution is -2.24. The molecule has 0 aliphatic heterocycles. The molecule has 0 aromatic heterocycles. The van der Waals surface area contributed by atoms with Gasteiger partial charge in [-0.3, -0.25) is 0 Å². The summed E-state index contributed by atoms with van der Waals surface area (Å²) in [6, 6.07) is 0. The Labute approximate surface area is 53.6 Å². The first-order chi connectivity index (χ1) is 4.22. The third-order valence-electron chi connectivity index (χ3n) is 0.913. The molecule has 0 unspecified atom stereocenters. The highest BCUT2D eigenvalue weighted by Gasteiger charge is 2.12. The van der Waals surface area contributed by atoms with Gasteiger partial charge < -0.3 is 15.6 Å². The van der Waals surface area contributed by atoms with Gasteiger partial charge in [-0.15, -0.1) is 0 Å². The number of ether oxygens (including phenoxy) is 1. The van der Waals surface area contributed by atoms with Gasteiger partial charge in [0.15, 0.2) is 6.10 Å². The van der Waals surface area contributed by atoms with Crippen molar-refractivity contribution in [2.24, 2.45) is 5.73 Å². The molecule has 0 saturated carbocycles. The Kier molecular flexibility index (Phi) is 4.00. The van der Waals surface area contributed by atoms with E-state index >= 15 is 0 Å². The van der Waals surface area contributed by atoms with Crippen LogP contribution in [0.3, 0.4) is 0 Å². The first-order valence-electron chi connectivity index (χ1n) is 2.68. The van der Waals surface area contributed by atoms with E-state index in [1.165, 1.54) is 7.11 Å². The summed E-state index contributed by atoms with van der Waals surface area (Å²) in [5, 5.41) is 8.76. The number of methoxy groups -OCH3 is 1. The molecule has 0 spiro atoms. The molecule has 0 aliphatic rings. The molecular formula is C5H11NO3. The number of aliphatic hydroxyl groups is 1. The summed E-state index contributed by atoms with van der Waals surface area (Å²) in [5.41, 5.74) is 5.05. The number of carbonyl (C=O) groups excluding carboxylic acids is 1. The minimum Gasteiger partial charge on any atom is -0.467 e. The van der Waals surface area contributed by atoms with Gasteiger partial charge in [-0.05, 0) is 13.0 Å². The van der Waals surface area contributed by atoms with E-state index in [1.807, 2.05) is 0 Å². The zero-order chi connectivity index (χ0) is 7.28. The second-order valence-corrected chi connectivity index (χ2v) is 1.62. The van der Waals surface area contributed by atoms with Crippen LogP contribution >= 0.6 is 0 Å². The highest BCUT2D eigenvalue weighted by molar-refractivity contribution is 5.74. The molecule has 4 heteroatoms. The highest BCUT2D eigenvalue weighted by atomic mass is 16.5. The Bertz CT molecular complexity index is 94.2. The van der Waals surface area contributed by atoms with Crippen molar-refractivity contribution in [3.8, 4) is 0 Å². The number of nitrogens with two attached hydrogens (primary N) is 1. The molecule has 0 saturated heterocycles. The van der Waals surface area contributed by atoms with E-state index in [4.69, 9.17) is 10.8 Å². The quantitative estimate of drug-likeness (QED) is 0.478. The van der Waals surface area contributed by atoms with E-state index < -0.39 is 12.1 Å². The monoisotopic (exact) mass is 133 g/mol. The topological polar surface area (TPSA) is 72.5 Å². The van der Waals surface area contributed by atoms with Crippen molar-refractivity contribution in [2.75, 3.05) is 13.7 Å². The summed E-state index contributed by atoms with van der Waals surface area (Å²) in [6.07, 6.45) is -0.799. The molecule has 4 nitrogen and oxygen atoms in total. The van der Waals surface area contributed by atoms with Gasteiger partial charge in [-0.25, -0.2) is 4.79 Å². The molecule has 0 aromatic rings. The van der Waals surface area contributed by atoms with Crippen LogP contribution in [0.25, 0.3) is 0 Å². The van der Waals surface area contributed by atoms with Gasteiger partial charge in [0.05, 0.1) is 7.11 Å². The van der Waals surface area contributed by atoms with E-state index in [2.05, 4.69) is 4.74 Å². The van der Waals surface area contributed by atoms with Crippen LogP contribution in [-0.4, -0.2) is 30.8 Å². The van der Waals surface area contributed by atoms with Crippen LogP contribution in [0.5, 0.6) is 0 Å². The maximum atomic E-state index is 10.4. The van der Waals surface area contributed by atoms with Crippen LogP contribution in [0.1, 0.15) is 6.42 Å². The lowest BCUT2D eigenvalue weighted by Gasteiger charge is -2.04. The molecular weight excluding hydrogens is 122 g/mol. The van der Waals surface area contributed by atoms with Crippen molar-refractivity contribution >= 4 is 5.97 Å². The largest absolute Gasteiger partial charge is 0.467 e. The van der Waals surface area contributed by atoms with Gasteiger partial charge in [-0.1, -0.05) is 0 Å². The summed E-state index contributed by atoms with van der Waals surface area (Å²) in [5.74, 6) is -0.625. The average Bonchev–Trinajstić information content (AvgIpc) is 1.87. The zero-order valence-corrected chi connectivity index (χ0v) is 5.33. The van der Waals surface area contributed by atoms with Crippen molar-refractivity contribution in [1.82, 2.24) is 0 Å². The molecule has 3 N–H and O–H groups in total. The number of esters is 1. The van der Waals surface area contributed by atoms with E-state index in [-0.39, 0.29) is 13.0 Å². The Morgan fingerprint density at radius 1 is 1.89 bits per heavy atom. The number of aliphatic hydroxyl groups excluding tert-OH is 1. The second-order valence-electron chi connectivity index (χ2n) is 1.62. The molecule has 0 bridgehead atoms. The lowest BCUT2D eigenvalue weighted by atomic mass is 10.2. The molecule has 54 valence electrons. The van der Waals surface area contributed by atoms with Crippen LogP contribution < -0.4 is 5.73 Å². The van der Waals surface area contributed by atoms with Gasteiger partial charge >= 0.3 is 5.97 Å². The van der Waals surface area contributed by atoms with E-state index in [0.717, 1.165) is 0 Å². The van der Waals surface area contributed by atoms with Gasteiger partial charge in [0.25, 0.3) is 0 Å². The van der Waals surface area contributed by atoms with Crippen LogP contribution in [0.4, 0.5) is 0 Å². The van der Waals surface area contributed by atoms with Gasteiger partial charge in [0, 0.05) is 0 Å². The van der Waals surface area contributed by atoms with Crippen LogP contribution in [0.2, 0.25) is 0 Å². The predicted molar refractivity (Wildman–Crippen MR) is 31.7 cm³/mol. The van der Waals surface area contributed by atoms with Crippen molar-refractivity contribution in [3.63, 3.8) is 0 Å². The molecule has 0 fully saturated rings. The first-order valence-corrected chi connectivity index (χ1v) is 2.68. The molecule has 0 heterocycles. The fraction of sp³-hybridized carbons (Fsp3) is 0.800. The summed E-state index contributed by atoms with van der Waals surface area (Å²) in [4.78, 5) is 10.4. The van der Waals surface area contributed by atoms with Gasteiger partial charge in [-0.2, -0.15) is 0 Å². The van der Waals surface area contributed by atoms with Crippen molar-refractivity contribution in [1.29, 1.82) is 0 Å². The maximum absolute atomic E-state index is 10.4. The summed E-state index contributed by atoms with van der Waals surface area (Å²) < 4.78 is 4.22. The van der Waals surface area contributed by atoms with Crippen molar-refractivity contribution in [3.05, 3.63) is 0 Å². The number of rotatable bonds is 3. The summed E-state index contributed by atoms with van der Waals surface area (Å²) in [6.45, 7) is 0.288. The Balaban J connectivity index is 3.45. The molecule has 0 aromatic carbocycles. The van der Waals surface area contributed by atoms with Crippen molar-refractivity contribution < 1.29 is 14.6 Å². The number of carbonyl (C=O) groups is 1. The Morgan fingerprint density at radius 2 is 2.44 bits per heavy atom. The van der Waals surface area contributed by atoms with Crippen LogP contribution in [0.15, 0.2) is 0 Å². The number of hydrogen-bond acceptors (Lipinski definition) is 4. The molecule has 0 aliphatic carbocycles. The van der Waals surface area contributed by atoms with E-state index in [1.54, 1.807) is 0 Å². The predicted octanol–water partition coefficient (Wildman–Crippen LogP) is -1.13. The zero-order valence-electron chi connectivity index (χ0n) is 5.33. The summed E-state index contributed by atoms with van der Waals surface area (Å²) in [7, 11) is 1.22. The standard InChI is InChI=1S/C5H11NO3/c1-9-5(8)4(7)2-3-6/h4,7H,2-3,6H2,1H3/t4-/m1/s1. The fourth-order valence-electron chi connectivity index (χ4n) is 0.412. The van der Waals surface area contributed by atoms with E-state index in [0.29, 0.717) is 0 Å². The molecule has 9 heavy (non-hydrogen) atoms. The maximum Gasteiger partial charge on any atom is 0.334 e. The second kappa shape index (κ2) is 4.29. The van der Waals surface area contributed by atoms with Crippen LogP contribution in [0, 0.1) is 0 Å². The Hall–Kier alpha value is -0.610. The van der Waals surface area contributed by atoms with Gasteiger partial charge in [0.2, 0.25) is 0 Å². The fourth-order valence-corrected chi connectivity index (χ4v) is 0.412. The third-order valence-corrected chi connectivity index (χ3v) is 0.913. The third kappa shape index (κ3) is 3.05. The van der Waals surface area contributed by atoms with E-state index in [9.17, 15) is 4.79 Å². The normalized spacial score (nSPS) is 12.8. The molecule has 0 amide bonds. The first kappa shape index (κ1) is 8.39. The minimum atomic E-state index is -1.06. The minimum absolute atomic E-state index is 0.257. The summed E-state index contributed by atoms with van der Waals surface area (Å²) >= 11 is 0. The Morgan fingerprint density at radius 3 is 2.78 bits per heavy atom. The van der Waals surface area contributed by atoms with Crippen LogP contribution in [-0.2, 0) is 9.53 Å². The number of hydrogen-bond donors (Lipinski definition) is 2.